The normalized spacial score (nSPS) is 24.7. The molecular formula is C24H33FO6. The van der Waals surface area contributed by atoms with Gasteiger partial charge in [0.1, 0.15) is 25.1 Å². The van der Waals surface area contributed by atoms with Gasteiger partial charge in [-0.05, 0) is 42.9 Å². The van der Waals surface area contributed by atoms with E-state index in [2.05, 4.69) is 4.74 Å². The van der Waals surface area contributed by atoms with Crippen molar-refractivity contribution in [3.05, 3.63) is 54.1 Å². The number of benzene rings is 1. The zero-order chi connectivity index (χ0) is 22.6. The van der Waals surface area contributed by atoms with Gasteiger partial charge in [0.2, 0.25) is 0 Å². The van der Waals surface area contributed by atoms with Crippen molar-refractivity contribution in [2.24, 2.45) is 11.8 Å². The van der Waals surface area contributed by atoms with Crippen LogP contribution in [-0.2, 0) is 16.2 Å². The van der Waals surface area contributed by atoms with E-state index < -0.39 is 25.0 Å². The largest absolute Gasteiger partial charge is 0.491 e. The number of carbonyl (C=O) groups is 1. The van der Waals surface area contributed by atoms with E-state index in [4.69, 9.17) is 4.74 Å². The SMILES string of the molecule is COC(=O)CCC/C=C\C[C@@H]1[C@@H](/C=C/[C@@H](O)COc2cccc(CF)c2)[C@H](O)C[C@@H]1O. The van der Waals surface area contributed by atoms with Gasteiger partial charge >= 0.3 is 5.97 Å². The molecule has 2 rings (SSSR count). The maximum absolute atomic E-state index is 12.7. The first-order chi connectivity index (χ1) is 14.9. The Labute approximate surface area is 183 Å². The fourth-order valence-electron chi connectivity index (χ4n) is 3.76. The summed E-state index contributed by atoms with van der Waals surface area (Å²) in [5, 5.41) is 30.8. The molecule has 1 saturated carbocycles. The van der Waals surface area contributed by atoms with Gasteiger partial charge in [-0.3, -0.25) is 4.79 Å². The second-order valence-corrected chi connectivity index (χ2v) is 7.83. The van der Waals surface area contributed by atoms with Crippen molar-refractivity contribution >= 4 is 5.97 Å². The number of allylic oxidation sites excluding steroid dienone is 2. The maximum atomic E-state index is 12.7. The number of methoxy groups -OCH3 is 1. The van der Waals surface area contributed by atoms with Gasteiger partial charge in [0, 0.05) is 18.8 Å². The topological polar surface area (TPSA) is 96.2 Å². The molecule has 0 bridgehead atoms. The Morgan fingerprint density at radius 3 is 2.84 bits per heavy atom. The summed E-state index contributed by atoms with van der Waals surface area (Å²) in [6.45, 7) is -0.578. The highest BCUT2D eigenvalue weighted by molar-refractivity contribution is 5.69. The summed E-state index contributed by atoms with van der Waals surface area (Å²) >= 11 is 0. The van der Waals surface area contributed by atoms with Gasteiger partial charge < -0.3 is 24.8 Å². The first kappa shape index (κ1) is 25.0. The summed E-state index contributed by atoms with van der Waals surface area (Å²) in [6.07, 6.45) is 7.72. The number of aliphatic hydroxyl groups excluding tert-OH is 3. The Morgan fingerprint density at radius 1 is 1.29 bits per heavy atom. The summed E-state index contributed by atoms with van der Waals surface area (Å²) < 4.78 is 22.8. The zero-order valence-corrected chi connectivity index (χ0v) is 17.9. The minimum Gasteiger partial charge on any atom is -0.491 e. The second kappa shape index (κ2) is 13.2. The molecule has 3 N–H and O–H groups in total. The molecule has 5 atom stereocenters. The average molecular weight is 437 g/mol. The molecule has 0 heterocycles. The van der Waals surface area contributed by atoms with Crippen molar-refractivity contribution in [2.75, 3.05) is 13.7 Å². The summed E-state index contributed by atoms with van der Waals surface area (Å²) in [7, 11) is 1.37. The minimum absolute atomic E-state index is 0.00235. The Morgan fingerprint density at radius 2 is 2.10 bits per heavy atom. The summed E-state index contributed by atoms with van der Waals surface area (Å²) in [5.41, 5.74) is 0.506. The predicted molar refractivity (Wildman–Crippen MR) is 115 cm³/mol. The lowest BCUT2D eigenvalue weighted by molar-refractivity contribution is -0.140. The predicted octanol–water partition coefficient (Wildman–Crippen LogP) is 3.10. The van der Waals surface area contributed by atoms with Crippen molar-refractivity contribution in [3.63, 3.8) is 0 Å². The smallest absolute Gasteiger partial charge is 0.305 e. The fourth-order valence-corrected chi connectivity index (χ4v) is 3.76. The number of hydrogen-bond acceptors (Lipinski definition) is 6. The molecule has 0 unspecified atom stereocenters. The van der Waals surface area contributed by atoms with Crippen LogP contribution >= 0.6 is 0 Å². The quantitative estimate of drug-likeness (QED) is 0.265. The third-order valence-corrected chi connectivity index (χ3v) is 5.50. The second-order valence-electron chi connectivity index (χ2n) is 7.83. The molecule has 0 spiro atoms. The number of rotatable bonds is 12. The minimum atomic E-state index is -0.895. The van der Waals surface area contributed by atoms with Crippen molar-refractivity contribution in [2.45, 2.75) is 57.1 Å². The van der Waals surface area contributed by atoms with Gasteiger partial charge in [0.05, 0.1) is 19.3 Å². The number of unbranched alkanes of at least 4 members (excludes halogenated alkanes) is 1. The standard InChI is InChI=1S/C24H33FO6/c1-30-24(29)10-5-3-2-4-9-20-21(23(28)14-22(20)27)12-11-18(26)16-31-19-8-6-7-17(13-19)15-25/h2,4,6-8,11-13,18,20-23,26-28H,3,5,9-10,14-16H2,1H3/b4-2-,12-11+/t18-,20-,21-,22+,23-/m1/s1. The summed E-state index contributed by atoms with van der Waals surface area (Å²) in [5.74, 6) is -0.184. The Hall–Kier alpha value is -2.22. The van der Waals surface area contributed by atoms with Gasteiger partial charge in [0.25, 0.3) is 0 Å². The molecule has 172 valence electrons. The average Bonchev–Trinajstić information content (AvgIpc) is 3.05. The molecular weight excluding hydrogens is 403 g/mol. The van der Waals surface area contributed by atoms with Crippen molar-refractivity contribution in [1.82, 2.24) is 0 Å². The molecule has 0 radical (unpaired) electrons. The molecule has 1 aliphatic carbocycles. The summed E-state index contributed by atoms with van der Waals surface area (Å²) in [6, 6.07) is 6.63. The number of carbonyl (C=O) groups excluding carboxylic acids is 1. The van der Waals surface area contributed by atoms with Crippen LogP contribution in [0.5, 0.6) is 5.75 Å². The van der Waals surface area contributed by atoms with Crippen LogP contribution in [0.4, 0.5) is 4.39 Å². The molecule has 7 heteroatoms. The van der Waals surface area contributed by atoms with Crippen LogP contribution in [0.15, 0.2) is 48.6 Å². The van der Waals surface area contributed by atoms with E-state index in [0.29, 0.717) is 37.0 Å². The lowest BCUT2D eigenvalue weighted by atomic mass is 9.89. The van der Waals surface area contributed by atoms with Gasteiger partial charge in [-0.25, -0.2) is 4.39 Å². The Kier molecular flexibility index (Phi) is 10.7. The van der Waals surface area contributed by atoms with Crippen LogP contribution < -0.4 is 4.74 Å². The Balaban J connectivity index is 1.82. The van der Waals surface area contributed by atoms with Crippen molar-refractivity contribution in [1.29, 1.82) is 0 Å². The number of ether oxygens (including phenoxy) is 2. The highest BCUT2D eigenvalue weighted by Crippen LogP contribution is 2.36. The van der Waals surface area contributed by atoms with E-state index in [0.717, 1.165) is 6.42 Å². The molecule has 0 aromatic heterocycles. The molecule has 31 heavy (non-hydrogen) atoms. The highest BCUT2D eigenvalue weighted by atomic mass is 19.1. The zero-order valence-electron chi connectivity index (χ0n) is 17.9. The van der Waals surface area contributed by atoms with Crippen LogP contribution in [0.1, 0.15) is 37.7 Å². The lowest BCUT2D eigenvalue weighted by Crippen LogP contribution is -2.21. The van der Waals surface area contributed by atoms with Crippen molar-refractivity contribution < 1.29 is 34.0 Å². The van der Waals surface area contributed by atoms with Crippen LogP contribution in [0.25, 0.3) is 0 Å². The van der Waals surface area contributed by atoms with Crippen LogP contribution in [0.2, 0.25) is 0 Å². The van der Waals surface area contributed by atoms with E-state index in [1.165, 1.54) is 7.11 Å². The highest BCUT2D eigenvalue weighted by Gasteiger charge is 2.39. The van der Waals surface area contributed by atoms with Gasteiger partial charge in [-0.2, -0.15) is 0 Å². The number of esters is 1. The molecule has 0 aliphatic heterocycles. The molecule has 1 aromatic carbocycles. The Bertz CT molecular complexity index is 735. The molecule has 0 amide bonds. The maximum Gasteiger partial charge on any atom is 0.305 e. The van der Waals surface area contributed by atoms with Gasteiger partial charge in [-0.15, -0.1) is 0 Å². The van der Waals surface area contributed by atoms with Crippen LogP contribution in [0, 0.1) is 11.8 Å². The number of halogens is 1. The van der Waals surface area contributed by atoms with E-state index in [-0.39, 0.29) is 24.4 Å². The van der Waals surface area contributed by atoms with Gasteiger partial charge in [0.15, 0.2) is 0 Å². The third kappa shape index (κ3) is 8.44. The lowest BCUT2D eigenvalue weighted by Gasteiger charge is -2.19. The third-order valence-electron chi connectivity index (χ3n) is 5.50. The first-order valence-electron chi connectivity index (χ1n) is 10.7. The molecule has 6 nitrogen and oxygen atoms in total. The number of aliphatic hydroxyl groups is 3. The number of hydrogen-bond donors (Lipinski definition) is 3. The van der Waals surface area contributed by atoms with E-state index in [9.17, 15) is 24.5 Å². The molecule has 1 aliphatic rings. The molecule has 1 fully saturated rings. The van der Waals surface area contributed by atoms with Crippen LogP contribution in [0.3, 0.4) is 0 Å². The van der Waals surface area contributed by atoms with E-state index in [1.807, 2.05) is 12.2 Å². The molecule has 1 aromatic rings. The van der Waals surface area contributed by atoms with Gasteiger partial charge in [-0.1, -0.05) is 36.4 Å². The van der Waals surface area contributed by atoms with E-state index in [1.54, 1.807) is 36.4 Å². The summed E-state index contributed by atoms with van der Waals surface area (Å²) in [4.78, 5) is 11.1. The van der Waals surface area contributed by atoms with E-state index >= 15 is 0 Å². The number of alkyl halides is 1. The van der Waals surface area contributed by atoms with Crippen LogP contribution in [-0.4, -0.2) is 53.3 Å². The monoisotopic (exact) mass is 436 g/mol. The fraction of sp³-hybridized carbons (Fsp3) is 0.542. The van der Waals surface area contributed by atoms with Crippen molar-refractivity contribution in [3.8, 4) is 5.75 Å². The molecule has 0 saturated heterocycles. The first-order valence-corrected chi connectivity index (χ1v) is 10.7.